The van der Waals surface area contributed by atoms with Gasteiger partial charge >= 0.3 is 0 Å². The molecule has 0 unspecified atom stereocenters. The molecule has 10 aromatic rings. The second-order valence-electron chi connectivity index (χ2n) is 12.4. The van der Waals surface area contributed by atoms with Gasteiger partial charge in [0.15, 0.2) is 0 Å². The Morgan fingerprint density at radius 2 is 0.935 bits per heavy atom. The molecule has 0 saturated heterocycles. The molecule has 2 aromatic heterocycles. The topological polar surface area (TPSA) is 18.1 Å². The molecule has 0 amide bonds. The third-order valence-corrected chi connectivity index (χ3v) is 10.2. The van der Waals surface area contributed by atoms with E-state index in [0.29, 0.717) is 0 Å². The SMILES string of the molecule is c1ccc2c(c1)-c1cccc3c(-c4ccc(-n5c6ccccc6c6ccc7oc8ccccc8c7c65)c5ccccc45)ccc-2c13. The van der Waals surface area contributed by atoms with E-state index in [4.69, 9.17) is 4.42 Å². The molecule has 8 aromatic carbocycles. The number of nitrogens with zero attached hydrogens (tertiary/aromatic N) is 1. The number of aromatic nitrogens is 1. The standard InChI is InChI=1S/C44H25NO/c1-2-12-28-27(11-1)33-16-9-17-34-30(20-21-35(28)42(33)34)29-22-24-39(31-13-4-3-10-26(29)31)45-38-18-7-5-14-32(38)36-23-25-41-43(44(36)45)37-15-6-8-19-40(37)46-41/h1-25H. The molecule has 2 heteroatoms. The quantitative estimate of drug-likeness (QED) is 0.198. The van der Waals surface area contributed by atoms with Crippen LogP contribution in [0.5, 0.6) is 0 Å². The van der Waals surface area contributed by atoms with Gasteiger partial charge in [0.2, 0.25) is 0 Å². The fourth-order valence-corrected chi connectivity index (χ4v) is 8.27. The van der Waals surface area contributed by atoms with E-state index in [1.807, 2.05) is 6.07 Å². The highest BCUT2D eigenvalue weighted by Gasteiger charge is 2.24. The Labute approximate surface area is 264 Å². The van der Waals surface area contributed by atoms with Crippen LogP contribution in [0.4, 0.5) is 0 Å². The normalized spacial score (nSPS) is 12.3. The van der Waals surface area contributed by atoms with Crippen LogP contribution in [0.1, 0.15) is 0 Å². The van der Waals surface area contributed by atoms with Gasteiger partial charge in [-0.15, -0.1) is 0 Å². The van der Waals surface area contributed by atoms with Gasteiger partial charge in [-0.05, 0) is 79.9 Å². The molecule has 0 saturated carbocycles. The number of para-hydroxylation sites is 2. The number of fused-ring (bicyclic) bond motifs is 11. The predicted molar refractivity (Wildman–Crippen MR) is 193 cm³/mol. The number of hydrogen-bond acceptors (Lipinski definition) is 1. The van der Waals surface area contributed by atoms with Crippen LogP contribution < -0.4 is 0 Å². The maximum Gasteiger partial charge on any atom is 0.137 e. The molecular formula is C44H25NO. The molecule has 0 fully saturated rings. The van der Waals surface area contributed by atoms with Gasteiger partial charge in [0.05, 0.1) is 22.1 Å². The van der Waals surface area contributed by atoms with Gasteiger partial charge in [-0.1, -0.05) is 121 Å². The second kappa shape index (κ2) is 8.74. The van der Waals surface area contributed by atoms with E-state index in [1.54, 1.807) is 0 Å². The molecule has 11 rings (SSSR count). The third kappa shape index (κ3) is 3.01. The van der Waals surface area contributed by atoms with Crippen molar-refractivity contribution in [3.8, 4) is 39.1 Å². The van der Waals surface area contributed by atoms with Crippen LogP contribution in [0.15, 0.2) is 156 Å². The van der Waals surface area contributed by atoms with Crippen molar-refractivity contribution in [2.24, 2.45) is 0 Å². The van der Waals surface area contributed by atoms with Crippen molar-refractivity contribution in [1.29, 1.82) is 0 Å². The molecule has 0 N–H and O–H groups in total. The minimum atomic E-state index is 0.910. The van der Waals surface area contributed by atoms with Crippen molar-refractivity contribution in [2.75, 3.05) is 0 Å². The highest BCUT2D eigenvalue weighted by Crippen LogP contribution is 2.50. The summed E-state index contributed by atoms with van der Waals surface area (Å²) in [6.45, 7) is 0. The average Bonchev–Trinajstić information content (AvgIpc) is 3.77. The molecule has 2 nitrogen and oxygen atoms in total. The smallest absolute Gasteiger partial charge is 0.137 e. The lowest BCUT2D eigenvalue weighted by atomic mass is 9.91. The summed E-state index contributed by atoms with van der Waals surface area (Å²) in [5.74, 6) is 0. The Bertz CT molecular complexity index is 2890. The monoisotopic (exact) mass is 583 g/mol. The minimum Gasteiger partial charge on any atom is -0.456 e. The summed E-state index contributed by atoms with van der Waals surface area (Å²) in [5.41, 5.74) is 13.2. The molecule has 46 heavy (non-hydrogen) atoms. The lowest BCUT2D eigenvalue weighted by Crippen LogP contribution is -1.97. The molecule has 0 spiro atoms. The third-order valence-electron chi connectivity index (χ3n) is 10.2. The Morgan fingerprint density at radius 3 is 1.80 bits per heavy atom. The molecule has 0 radical (unpaired) electrons. The van der Waals surface area contributed by atoms with Crippen LogP contribution in [-0.4, -0.2) is 4.57 Å². The lowest BCUT2D eigenvalue weighted by molar-refractivity contribution is 0.669. The second-order valence-corrected chi connectivity index (χ2v) is 12.4. The summed E-state index contributed by atoms with van der Waals surface area (Å²) in [7, 11) is 0. The molecule has 0 aliphatic heterocycles. The highest BCUT2D eigenvalue weighted by molar-refractivity contribution is 6.25. The Morgan fingerprint density at radius 1 is 0.326 bits per heavy atom. The van der Waals surface area contributed by atoms with Crippen molar-refractivity contribution in [3.05, 3.63) is 152 Å². The lowest BCUT2D eigenvalue weighted by Gasteiger charge is -2.17. The van der Waals surface area contributed by atoms with E-state index in [-0.39, 0.29) is 0 Å². The fraction of sp³-hybridized carbons (Fsp3) is 0. The minimum absolute atomic E-state index is 0.910. The van der Waals surface area contributed by atoms with E-state index in [2.05, 4.69) is 150 Å². The van der Waals surface area contributed by atoms with E-state index >= 15 is 0 Å². The predicted octanol–water partition coefficient (Wildman–Crippen LogP) is 12.3. The van der Waals surface area contributed by atoms with Gasteiger partial charge in [0, 0.05) is 21.5 Å². The number of hydrogen-bond donors (Lipinski definition) is 0. The number of rotatable bonds is 2. The van der Waals surface area contributed by atoms with Gasteiger partial charge in [0.1, 0.15) is 11.2 Å². The largest absolute Gasteiger partial charge is 0.456 e. The first-order valence-electron chi connectivity index (χ1n) is 15.9. The van der Waals surface area contributed by atoms with Crippen LogP contribution in [0.2, 0.25) is 0 Å². The summed E-state index contributed by atoms with van der Waals surface area (Å²) >= 11 is 0. The van der Waals surface area contributed by atoms with E-state index in [1.165, 1.54) is 82.4 Å². The van der Waals surface area contributed by atoms with Crippen molar-refractivity contribution >= 4 is 65.3 Å². The van der Waals surface area contributed by atoms with Crippen molar-refractivity contribution in [1.82, 2.24) is 4.57 Å². The van der Waals surface area contributed by atoms with Crippen LogP contribution in [0.25, 0.3) is 104 Å². The molecule has 0 atom stereocenters. The Balaban J connectivity index is 1.24. The first-order valence-corrected chi connectivity index (χ1v) is 15.9. The van der Waals surface area contributed by atoms with Crippen LogP contribution in [-0.2, 0) is 0 Å². The maximum atomic E-state index is 6.39. The highest BCUT2D eigenvalue weighted by atomic mass is 16.3. The van der Waals surface area contributed by atoms with E-state index in [9.17, 15) is 0 Å². The van der Waals surface area contributed by atoms with Gasteiger partial charge in [-0.2, -0.15) is 0 Å². The zero-order chi connectivity index (χ0) is 29.9. The van der Waals surface area contributed by atoms with Crippen molar-refractivity contribution < 1.29 is 4.42 Å². The zero-order valence-corrected chi connectivity index (χ0v) is 24.8. The number of benzene rings is 8. The molecule has 2 heterocycles. The van der Waals surface area contributed by atoms with Crippen LogP contribution in [0, 0.1) is 0 Å². The van der Waals surface area contributed by atoms with Gasteiger partial charge in [0.25, 0.3) is 0 Å². The van der Waals surface area contributed by atoms with Crippen molar-refractivity contribution in [2.45, 2.75) is 0 Å². The molecule has 1 aliphatic carbocycles. The van der Waals surface area contributed by atoms with E-state index in [0.717, 1.165) is 21.9 Å². The zero-order valence-electron chi connectivity index (χ0n) is 24.8. The summed E-state index contributed by atoms with van der Waals surface area (Å²) in [4.78, 5) is 0. The average molecular weight is 584 g/mol. The first-order chi connectivity index (χ1) is 22.8. The molecule has 212 valence electrons. The number of furan rings is 1. The summed E-state index contributed by atoms with van der Waals surface area (Å²) < 4.78 is 8.85. The maximum absolute atomic E-state index is 6.39. The summed E-state index contributed by atoms with van der Waals surface area (Å²) in [6, 6.07) is 55.2. The molecule has 0 bridgehead atoms. The Kier molecular flexibility index (Phi) is 4.61. The van der Waals surface area contributed by atoms with Crippen molar-refractivity contribution in [3.63, 3.8) is 0 Å². The first kappa shape index (κ1) is 24.2. The van der Waals surface area contributed by atoms with Gasteiger partial charge < -0.3 is 8.98 Å². The van der Waals surface area contributed by atoms with Gasteiger partial charge in [-0.3, -0.25) is 0 Å². The Hall–Kier alpha value is -6.12. The summed E-state index contributed by atoms with van der Waals surface area (Å²) in [5, 5.41) is 9.88. The fourth-order valence-electron chi connectivity index (χ4n) is 8.27. The van der Waals surface area contributed by atoms with Crippen LogP contribution >= 0.6 is 0 Å². The summed E-state index contributed by atoms with van der Waals surface area (Å²) in [6.07, 6.45) is 0. The van der Waals surface area contributed by atoms with E-state index < -0.39 is 0 Å². The molecule has 1 aliphatic rings. The van der Waals surface area contributed by atoms with Crippen LogP contribution in [0.3, 0.4) is 0 Å². The molecular weight excluding hydrogens is 558 g/mol. The van der Waals surface area contributed by atoms with Gasteiger partial charge in [-0.25, -0.2) is 0 Å².